The van der Waals surface area contributed by atoms with Crippen molar-refractivity contribution in [3.63, 3.8) is 0 Å². The number of ketones is 1. The Balaban J connectivity index is 1.89. The second-order valence-corrected chi connectivity index (χ2v) is 4.35. The second-order valence-electron chi connectivity index (χ2n) is 4.35. The molecule has 0 bridgehead atoms. The molecule has 0 spiro atoms. The van der Waals surface area contributed by atoms with Crippen LogP contribution in [-0.4, -0.2) is 5.78 Å². The van der Waals surface area contributed by atoms with Gasteiger partial charge < -0.3 is 0 Å². The minimum atomic E-state index is 0.220. The van der Waals surface area contributed by atoms with E-state index in [0.29, 0.717) is 5.78 Å². The zero-order valence-corrected chi connectivity index (χ0v) is 9.33. The van der Waals surface area contributed by atoms with Gasteiger partial charge in [0.05, 0.1) is 0 Å². The van der Waals surface area contributed by atoms with Crippen molar-refractivity contribution in [3.8, 4) is 0 Å². The summed E-state index contributed by atoms with van der Waals surface area (Å²) in [7, 11) is 0. The van der Waals surface area contributed by atoms with Crippen molar-refractivity contribution in [2.75, 3.05) is 0 Å². The van der Waals surface area contributed by atoms with Crippen LogP contribution >= 0.6 is 0 Å². The molecule has 0 saturated heterocycles. The Kier molecular flexibility index (Phi) is 3.20. The van der Waals surface area contributed by atoms with Gasteiger partial charge in [0.2, 0.25) is 0 Å². The van der Waals surface area contributed by atoms with Gasteiger partial charge in [-0.25, -0.2) is 0 Å². The molecule has 0 heterocycles. The highest BCUT2D eigenvalue weighted by Crippen LogP contribution is 2.38. The van der Waals surface area contributed by atoms with Gasteiger partial charge in [0.15, 0.2) is 5.78 Å². The monoisotopic (exact) mass is 202 g/mol. The minimum Gasteiger partial charge on any atom is -0.293 e. The lowest BCUT2D eigenvalue weighted by atomic mass is 9.74. The van der Waals surface area contributed by atoms with Gasteiger partial charge in [-0.2, -0.15) is 0 Å². The number of hydrogen-bond donors (Lipinski definition) is 0. The summed E-state index contributed by atoms with van der Waals surface area (Å²) in [5.41, 5.74) is 2.23. The number of unbranched alkanes of at least 4 members (excludes halogenated alkanes) is 3. The molecule has 1 nitrogen and oxygen atoms in total. The molecule has 0 saturated carbocycles. The largest absolute Gasteiger partial charge is 0.293 e. The Bertz CT molecular complexity index is 354. The summed E-state index contributed by atoms with van der Waals surface area (Å²) in [6.45, 7) is 2.21. The third-order valence-electron chi connectivity index (χ3n) is 3.26. The SMILES string of the molecule is CCCCCCC1C(=O)c2ccccc21. The molecule has 1 heteroatoms. The van der Waals surface area contributed by atoms with E-state index in [9.17, 15) is 4.79 Å². The van der Waals surface area contributed by atoms with Crippen LogP contribution in [0.15, 0.2) is 24.3 Å². The van der Waals surface area contributed by atoms with Gasteiger partial charge in [-0.1, -0.05) is 56.9 Å². The number of rotatable bonds is 5. The van der Waals surface area contributed by atoms with E-state index in [1.165, 1.54) is 31.2 Å². The molecule has 1 aliphatic rings. The number of benzene rings is 1. The molecular formula is C14H18O. The predicted molar refractivity (Wildman–Crippen MR) is 62.3 cm³/mol. The topological polar surface area (TPSA) is 17.1 Å². The molecule has 0 amide bonds. The van der Waals surface area contributed by atoms with Gasteiger partial charge in [-0.15, -0.1) is 0 Å². The summed E-state index contributed by atoms with van der Waals surface area (Å²) in [6.07, 6.45) is 6.06. The Morgan fingerprint density at radius 2 is 1.93 bits per heavy atom. The first-order chi connectivity index (χ1) is 7.34. The van der Waals surface area contributed by atoms with Crippen LogP contribution in [0.25, 0.3) is 0 Å². The van der Waals surface area contributed by atoms with Gasteiger partial charge in [-0.05, 0) is 12.0 Å². The first-order valence-electron chi connectivity index (χ1n) is 5.97. The number of hydrogen-bond acceptors (Lipinski definition) is 1. The quantitative estimate of drug-likeness (QED) is 0.661. The lowest BCUT2D eigenvalue weighted by Crippen LogP contribution is -2.26. The van der Waals surface area contributed by atoms with Gasteiger partial charge in [-0.3, -0.25) is 4.79 Å². The highest BCUT2D eigenvalue weighted by atomic mass is 16.1. The zero-order chi connectivity index (χ0) is 10.7. The highest BCUT2D eigenvalue weighted by molar-refractivity contribution is 6.10. The van der Waals surface area contributed by atoms with Crippen molar-refractivity contribution in [1.82, 2.24) is 0 Å². The summed E-state index contributed by atoms with van der Waals surface area (Å²) in [6, 6.07) is 8.02. The number of carbonyl (C=O) groups is 1. The Hall–Kier alpha value is -1.11. The lowest BCUT2D eigenvalue weighted by molar-refractivity contribution is 0.0920. The summed E-state index contributed by atoms with van der Waals surface area (Å²) in [4.78, 5) is 11.7. The minimum absolute atomic E-state index is 0.220. The molecule has 80 valence electrons. The number of fused-ring (bicyclic) bond motifs is 1. The van der Waals surface area contributed by atoms with Crippen LogP contribution < -0.4 is 0 Å². The smallest absolute Gasteiger partial charge is 0.170 e. The normalized spacial score (nSPS) is 18.5. The van der Waals surface area contributed by atoms with E-state index in [2.05, 4.69) is 13.0 Å². The third kappa shape index (κ3) is 1.97. The van der Waals surface area contributed by atoms with E-state index in [0.717, 1.165) is 12.0 Å². The van der Waals surface area contributed by atoms with Crippen LogP contribution in [0, 0.1) is 0 Å². The van der Waals surface area contributed by atoms with Crippen molar-refractivity contribution >= 4 is 5.78 Å². The van der Waals surface area contributed by atoms with E-state index in [1.807, 2.05) is 18.2 Å². The molecule has 2 rings (SSSR count). The Morgan fingerprint density at radius 3 is 2.73 bits per heavy atom. The van der Waals surface area contributed by atoms with Crippen LogP contribution in [0.5, 0.6) is 0 Å². The highest BCUT2D eigenvalue weighted by Gasteiger charge is 2.34. The maximum absolute atomic E-state index is 11.7. The van der Waals surface area contributed by atoms with E-state index < -0.39 is 0 Å². The first kappa shape index (κ1) is 10.4. The molecule has 1 aromatic rings. The molecule has 1 aromatic carbocycles. The van der Waals surface area contributed by atoms with Gasteiger partial charge >= 0.3 is 0 Å². The van der Waals surface area contributed by atoms with Crippen molar-refractivity contribution in [1.29, 1.82) is 0 Å². The Morgan fingerprint density at radius 1 is 1.13 bits per heavy atom. The zero-order valence-electron chi connectivity index (χ0n) is 9.33. The summed E-state index contributed by atoms with van der Waals surface area (Å²) < 4.78 is 0. The van der Waals surface area contributed by atoms with Crippen molar-refractivity contribution in [3.05, 3.63) is 35.4 Å². The molecule has 1 unspecified atom stereocenters. The molecule has 0 aliphatic heterocycles. The van der Waals surface area contributed by atoms with E-state index in [1.54, 1.807) is 0 Å². The second kappa shape index (κ2) is 4.61. The van der Waals surface area contributed by atoms with Crippen molar-refractivity contribution in [2.45, 2.75) is 44.9 Å². The molecular weight excluding hydrogens is 184 g/mol. The Labute approximate surface area is 91.5 Å². The average Bonchev–Trinajstić information content (AvgIpc) is 2.28. The molecule has 0 radical (unpaired) electrons. The fraction of sp³-hybridized carbons (Fsp3) is 0.500. The molecule has 0 aromatic heterocycles. The van der Waals surface area contributed by atoms with Gasteiger partial charge in [0.25, 0.3) is 0 Å². The van der Waals surface area contributed by atoms with Crippen LogP contribution in [0.4, 0.5) is 0 Å². The summed E-state index contributed by atoms with van der Waals surface area (Å²) in [5.74, 6) is 0.583. The van der Waals surface area contributed by atoms with Gasteiger partial charge in [0.1, 0.15) is 0 Å². The molecule has 1 aliphatic carbocycles. The predicted octanol–water partition coefficient (Wildman–Crippen LogP) is 3.94. The van der Waals surface area contributed by atoms with Crippen LogP contribution in [0.1, 0.15) is 60.9 Å². The molecule has 0 N–H and O–H groups in total. The lowest BCUT2D eigenvalue weighted by Gasteiger charge is -2.28. The maximum atomic E-state index is 11.7. The molecule has 1 atom stereocenters. The number of Topliss-reactive ketones (excluding diaryl/α,β-unsaturated/α-hetero) is 1. The van der Waals surface area contributed by atoms with Crippen molar-refractivity contribution in [2.24, 2.45) is 0 Å². The van der Waals surface area contributed by atoms with Crippen molar-refractivity contribution < 1.29 is 4.79 Å². The van der Waals surface area contributed by atoms with Gasteiger partial charge in [0, 0.05) is 11.5 Å². The summed E-state index contributed by atoms with van der Waals surface area (Å²) in [5, 5.41) is 0. The number of carbonyl (C=O) groups excluding carboxylic acids is 1. The van der Waals surface area contributed by atoms with E-state index in [-0.39, 0.29) is 5.92 Å². The van der Waals surface area contributed by atoms with E-state index in [4.69, 9.17) is 0 Å². The van der Waals surface area contributed by atoms with Crippen LogP contribution in [0.2, 0.25) is 0 Å². The fourth-order valence-corrected chi connectivity index (χ4v) is 2.34. The van der Waals surface area contributed by atoms with Crippen LogP contribution in [0.3, 0.4) is 0 Å². The van der Waals surface area contributed by atoms with Crippen LogP contribution in [-0.2, 0) is 0 Å². The molecule has 0 fully saturated rings. The first-order valence-corrected chi connectivity index (χ1v) is 5.97. The third-order valence-corrected chi connectivity index (χ3v) is 3.26. The summed E-state index contributed by atoms with van der Waals surface area (Å²) >= 11 is 0. The molecule has 15 heavy (non-hydrogen) atoms. The van der Waals surface area contributed by atoms with E-state index >= 15 is 0 Å². The maximum Gasteiger partial charge on any atom is 0.170 e. The average molecular weight is 202 g/mol. The fourth-order valence-electron chi connectivity index (χ4n) is 2.34. The standard InChI is InChI=1S/C14H18O/c1-2-3-4-5-9-12-11-8-6-7-10-13(11)14(12)15/h6-8,10,12H,2-5,9H2,1H3.